The summed E-state index contributed by atoms with van der Waals surface area (Å²) in [6.07, 6.45) is 6.93. The summed E-state index contributed by atoms with van der Waals surface area (Å²) in [5, 5.41) is 22.7. The first-order chi connectivity index (χ1) is 12.3. The molecule has 1 saturated heterocycles. The Morgan fingerprint density at radius 1 is 1.28 bits per heavy atom. The van der Waals surface area contributed by atoms with Gasteiger partial charge in [0, 0.05) is 36.5 Å². The predicted molar refractivity (Wildman–Crippen MR) is 97.6 cm³/mol. The zero-order valence-electron chi connectivity index (χ0n) is 14.6. The Morgan fingerprint density at radius 3 is 2.88 bits per heavy atom. The van der Waals surface area contributed by atoms with Gasteiger partial charge in [-0.3, -0.25) is 9.58 Å². The molecule has 0 amide bonds. The number of rotatable bonds is 8. The molecular weight excluding hydrogens is 312 g/mol. The van der Waals surface area contributed by atoms with Crippen LogP contribution in [-0.2, 0) is 13.1 Å². The molecular formula is C20H26N4O. The topological polar surface area (TPSA) is 65.1 Å². The van der Waals surface area contributed by atoms with Crippen molar-refractivity contribution in [2.45, 2.75) is 51.2 Å². The Hall–Kier alpha value is -2.16. The van der Waals surface area contributed by atoms with Gasteiger partial charge >= 0.3 is 0 Å². The second kappa shape index (κ2) is 8.80. The molecule has 1 atom stereocenters. The number of aliphatic hydroxyl groups excluding tert-OH is 1. The molecule has 3 rings (SSSR count). The average molecular weight is 338 g/mol. The van der Waals surface area contributed by atoms with Crippen LogP contribution in [0.1, 0.15) is 37.7 Å². The first-order valence-corrected chi connectivity index (χ1v) is 9.15. The monoisotopic (exact) mass is 338 g/mol. The van der Waals surface area contributed by atoms with E-state index in [4.69, 9.17) is 15.5 Å². The second-order valence-electron chi connectivity index (χ2n) is 6.67. The molecule has 2 heterocycles. The van der Waals surface area contributed by atoms with Crippen LogP contribution in [0.5, 0.6) is 0 Å². The third kappa shape index (κ3) is 4.47. The molecule has 0 saturated carbocycles. The number of aliphatic hydroxyl groups is 1. The minimum Gasteiger partial charge on any atom is -0.396 e. The summed E-state index contributed by atoms with van der Waals surface area (Å²) in [6.45, 7) is 2.89. The molecule has 1 aromatic heterocycles. The lowest BCUT2D eigenvalue weighted by atomic mass is 10.1. The molecule has 1 fully saturated rings. The number of aromatic nitrogens is 2. The Kier molecular flexibility index (Phi) is 6.21. The van der Waals surface area contributed by atoms with Gasteiger partial charge in [-0.1, -0.05) is 30.3 Å². The van der Waals surface area contributed by atoms with Crippen molar-refractivity contribution in [3.05, 3.63) is 42.1 Å². The van der Waals surface area contributed by atoms with Crippen LogP contribution in [0.4, 0.5) is 0 Å². The summed E-state index contributed by atoms with van der Waals surface area (Å²) in [4.78, 5) is 2.52. The zero-order chi connectivity index (χ0) is 17.5. The van der Waals surface area contributed by atoms with Crippen LogP contribution in [0.2, 0.25) is 0 Å². The molecule has 0 aliphatic carbocycles. The lowest BCUT2D eigenvalue weighted by Gasteiger charge is -2.24. The van der Waals surface area contributed by atoms with Gasteiger partial charge < -0.3 is 5.11 Å². The van der Waals surface area contributed by atoms with Gasteiger partial charge in [0.2, 0.25) is 0 Å². The van der Waals surface area contributed by atoms with Crippen molar-refractivity contribution in [1.82, 2.24) is 14.7 Å². The maximum atomic E-state index is 9.12. The van der Waals surface area contributed by atoms with E-state index in [1.165, 1.54) is 18.4 Å². The van der Waals surface area contributed by atoms with E-state index < -0.39 is 0 Å². The number of likely N-dealkylation sites (tertiary alicyclic amines) is 1. The smallest absolute Gasteiger partial charge is 0.0968 e. The SMILES string of the molecule is N#CCCn1cc(CN2CCCC2CCCO)c(-c2ccccc2)n1. The number of benzene rings is 1. The highest BCUT2D eigenvalue weighted by Gasteiger charge is 2.25. The van der Waals surface area contributed by atoms with Crippen LogP contribution >= 0.6 is 0 Å². The van der Waals surface area contributed by atoms with E-state index in [-0.39, 0.29) is 6.61 Å². The van der Waals surface area contributed by atoms with Crippen LogP contribution in [0.3, 0.4) is 0 Å². The lowest BCUT2D eigenvalue weighted by Crippen LogP contribution is -2.29. The van der Waals surface area contributed by atoms with Crippen molar-refractivity contribution in [2.24, 2.45) is 0 Å². The first-order valence-electron chi connectivity index (χ1n) is 9.15. The lowest BCUT2D eigenvalue weighted by molar-refractivity contribution is 0.210. The van der Waals surface area contributed by atoms with Crippen LogP contribution in [0.25, 0.3) is 11.3 Å². The van der Waals surface area contributed by atoms with Crippen LogP contribution in [0.15, 0.2) is 36.5 Å². The van der Waals surface area contributed by atoms with Crippen LogP contribution in [0, 0.1) is 11.3 Å². The van der Waals surface area contributed by atoms with E-state index in [0.29, 0.717) is 19.0 Å². The van der Waals surface area contributed by atoms with Gasteiger partial charge in [0.05, 0.1) is 24.7 Å². The number of hydrogen-bond acceptors (Lipinski definition) is 4. The third-order valence-corrected chi connectivity index (χ3v) is 4.91. The summed E-state index contributed by atoms with van der Waals surface area (Å²) in [5.74, 6) is 0. The zero-order valence-corrected chi connectivity index (χ0v) is 14.6. The molecule has 25 heavy (non-hydrogen) atoms. The number of aryl methyl sites for hydroxylation is 1. The number of nitrogens with zero attached hydrogens (tertiary/aromatic N) is 4. The Bertz CT molecular complexity index is 704. The first kappa shape index (κ1) is 17.7. The standard InChI is InChI=1S/C20H26N4O/c21-11-6-13-24-16-18(20(22-24)17-7-2-1-3-8-17)15-23-12-4-9-19(23)10-5-14-25/h1-3,7-8,16,19,25H,4-6,9-10,12-15H2. The van der Waals surface area contributed by atoms with E-state index in [1.807, 2.05) is 22.9 Å². The summed E-state index contributed by atoms with van der Waals surface area (Å²) in [6, 6.07) is 13.0. The van der Waals surface area contributed by atoms with E-state index >= 15 is 0 Å². The highest BCUT2D eigenvalue weighted by molar-refractivity contribution is 5.62. The fourth-order valence-electron chi connectivity index (χ4n) is 3.67. The predicted octanol–water partition coefficient (Wildman–Crippen LogP) is 3.20. The van der Waals surface area contributed by atoms with Crippen molar-refractivity contribution in [2.75, 3.05) is 13.2 Å². The molecule has 0 bridgehead atoms. The summed E-state index contributed by atoms with van der Waals surface area (Å²) in [7, 11) is 0. The molecule has 0 radical (unpaired) electrons. The van der Waals surface area contributed by atoms with Gasteiger partial charge in [-0.25, -0.2) is 0 Å². The van der Waals surface area contributed by atoms with Crippen molar-refractivity contribution >= 4 is 0 Å². The van der Waals surface area contributed by atoms with Crippen LogP contribution < -0.4 is 0 Å². The second-order valence-corrected chi connectivity index (χ2v) is 6.67. The minimum absolute atomic E-state index is 0.270. The molecule has 1 aromatic carbocycles. The fourth-order valence-corrected chi connectivity index (χ4v) is 3.67. The van der Waals surface area contributed by atoms with Gasteiger partial charge in [-0.05, 0) is 32.2 Å². The highest BCUT2D eigenvalue weighted by Crippen LogP contribution is 2.28. The molecule has 1 aliphatic rings. The highest BCUT2D eigenvalue weighted by atomic mass is 16.2. The van der Waals surface area contributed by atoms with Crippen LogP contribution in [-0.4, -0.2) is 39.0 Å². The normalized spacial score (nSPS) is 17.7. The van der Waals surface area contributed by atoms with E-state index in [1.54, 1.807) is 0 Å². The Morgan fingerprint density at radius 2 is 2.12 bits per heavy atom. The van der Waals surface area contributed by atoms with E-state index in [0.717, 1.165) is 37.2 Å². The van der Waals surface area contributed by atoms with Gasteiger partial charge in [-0.15, -0.1) is 0 Å². The van der Waals surface area contributed by atoms with Crippen molar-refractivity contribution in [3.8, 4) is 17.3 Å². The Labute approximate surface area is 149 Å². The molecule has 5 heteroatoms. The maximum absolute atomic E-state index is 9.12. The summed E-state index contributed by atoms with van der Waals surface area (Å²) in [5.41, 5.74) is 3.37. The maximum Gasteiger partial charge on any atom is 0.0968 e. The molecule has 1 N–H and O–H groups in total. The van der Waals surface area contributed by atoms with Crippen molar-refractivity contribution in [1.29, 1.82) is 5.26 Å². The molecule has 0 spiro atoms. The van der Waals surface area contributed by atoms with E-state index in [9.17, 15) is 0 Å². The van der Waals surface area contributed by atoms with Gasteiger partial charge in [0.15, 0.2) is 0 Å². The number of nitriles is 1. The summed E-state index contributed by atoms with van der Waals surface area (Å²) < 4.78 is 1.90. The van der Waals surface area contributed by atoms with Gasteiger partial charge in [0.25, 0.3) is 0 Å². The Balaban J connectivity index is 1.81. The van der Waals surface area contributed by atoms with Crippen molar-refractivity contribution in [3.63, 3.8) is 0 Å². The quantitative estimate of drug-likeness (QED) is 0.803. The van der Waals surface area contributed by atoms with Gasteiger partial charge in [-0.2, -0.15) is 10.4 Å². The largest absolute Gasteiger partial charge is 0.396 e. The number of hydrogen-bond donors (Lipinski definition) is 1. The molecule has 1 unspecified atom stereocenters. The molecule has 132 valence electrons. The van der Waals surface area contributed by atoms with Crippen molar-refractivity contribution < 1.29 is 5.11 Å². The summed E-state index contributed by atoms with van der Waals surface area (Å²) >= 11 is 0. The van der Waals surface area contributed by atoms with Gasteiger partial charge in [0.1, 0.15) is 0 Å². The molecule has 5 nitrogen and oxygen atoms in total. The van der Waals surface area contributed by atoms with E-state index in [2.05, 4.69) is 29.3 Å². The average Bonchev–Trinajstić information content (AvgIpc) is 3.26. The third-order valence-electron chi connectivity index (χ3n) is 4.91. The minimum atomic E-state index is 0.270. The molecule has 2 aromatic rings. The fraction of sp³-hybridized carbons (Fsp3) is 0.500. The molecule has 1 aliphatic heterocycles.